The van der Waals surface area contributed by atoms with Crippen molar-refractivity contribution in [2.45, 2.75) is 50.2 Å². The number of hydrogen-bond donors (Lipinski definition) is 4. The summed E-state index contributed by atoms with van der Waals surface area (Å²) in [5.74, 6) is -3.92. The van der Waals surface area contributed by atoms with Crippen molar-refractivity contribution in [1.82, 2.24) is 10.6 Å². The Hall–Kier alpha value is -4.42. The minimum absolute atomic E-state index is 0.283. The van der Waals surface area contributed by atoms with Gasteiger partial charge in [-0.3, -0.25) is 21.1 Å². The number of carbonyl (C=O) groups is 4. The standard InChI is InChI=1S/C38H36Cl4N4O6/c1-37(21-23-9-5-3-6-10-23,25-13-15-27(39)29(41)19-25)45-35(49)33(43)51-31(47)17-18-32(48)52-34(44)36(50)46-38(2,22-24-11-7-4-8-12-24)26-14-16-28(40)30(42)20-26/h3-20,33-34H,21-22,43-44H2,1-2H3,(H,45,49)(H,46,50)/b18-17-. The van der Waals surface area contributed by atoms with Gasteiger partial charge in [-0.05, 0) is 73.2 Å². The van der Waals surface area contributed by atoms with E-state index >= 15 is 0 Å². The number of hydrogen-bond acceptors (Lipinski definition) is 8. The van der Waals surface area contributed by atoms with Crippen LogP contribution in [0.15, 0.2) is 109 Å². The molecule has 4 aromatic carbocycles. The zero-order valence-electron chi connectivity index (χ0n) is 28.1. The number of ether oxygens (including phenoxy) is 2. The van der Waals surface area contributed by atoms with Gasteiger partial charge in [0.05, 0.1) is 31.2 Å². The number of nitrogens with two attached hydrogens (primary N) is 2. The number of carbonyl (C=O) groups excluding carboxylic acids is 4. The maximum atomic E-state index is 13.2. The summed E-state index contributed by atoms with van der Waals surface area (Å²) in [4.78, 5) is 51.4. The Bertz CT molecular complexity index is 1810. The summed E-state index contributed by atoms with van der Waals surface area (Å²) in [6.45, 7) is 3.52. The van der Waals surface area contributed by atoms with Crippen molar-refractivity contribution >= 4 is 70.2 Å². The van der Waals surface area contributed by atoms with Crippen LogP contribution < -0.4 is 22.1 Å². The van der Waals surface area contributed by atoms with Crippen LogP contribution in [0.2, 0.25) is 20.1 Å². The number of halogens is 4. The summed E-state index contributed by atoms with van der Waals surface area (Å²) in [5.41, 5.74) is 12.8. The minimum Gasteiger partial charge on any atom is -0.434 e. The summed E-state index contributed by atoms with van der Waals surface area (Å²) in [7, 11) is 0. The molecule has 272 valence electrons. The monoisotopic (exact) mass is 784 g/mol. The van der Waals surface area contributed by atoms with Crippen LogP contribution >= 0.6 is 46.4 Å². The van der Waals surface area contributed by atoms with Gasteiger partial charge in [0, 0.05) is 12.2 Å². The van der Waals surface area contributed by atoms with Crippen LogP contribution in [-0.2, 0) is 52.6 Å². The van der Waals surface area contributed by atoms with E-state index in [0.717, 1.165) is 11.1 Å². The maximum absolute atomic E-state index is 13.2. The molecule has 0 heterocycles. The van der Waals surface area contributed by atoms with Gasteiger partial charge in [-0.15, -0.1) is 0 Å². The fraction of sp³-hybridized carbons (Fsp3) is 0.211. The molecule has 0 aliphatic rings. The van der Waals surface area contributed by atoms with Crippen LogP contribution in [-0.4, -0.2) is 36.2 Å². The van der Waals surface area contributed by atoms with E-state index in [1.54, 1.807) is 50.2 Å². The summed E-state index contributed by atoms with van der Waals surface area (Å²) in [5, 5.41) is 6.90. The van der Waals surface area contributed by atoms with E-state index in [9.17, 15) is 19.2 Å². The Morgan fingerprint density at radius 3 is 1.27 bits per heavy atom. The van der Waals surface area contributed by atoms with Gasteiger partial charge >= 0.3 is 11.9 Å². The normalized spacial score (nSPS) is 14.7. The first-order chi connectivity index (χ1) is 24.6. The SMILES string of the molecule is CC(Cc1ccccc1)(NC(=O)C(N)OC(=O)/C=C\C(=O)OC(N)C(=O)NC(C)(Cc1ccccc1)c1ccc(Cl)c(Cl)c1)c1ccc(Cl)c(Cl)c1. The second kappa shape index (κ2) is 17.9. The van der Waals surface area contributed by atoms with E-state index in [1.807, 2.05) is 60.7 Å². The number of rotatable bonds is 14. The van der Waals surface area contributed by atoms with Gasteiger partial charge in [0.2, 0.25) is 12.5 Å². The fourth-order valence-electron chi connectivity index (χ4n) is 5.38. The van der Waals surface area contributed by atoms with Crippen molar-refractivity contribution in [3.8, 4) is 0 Å². The second-order valence-corrected chi connectivity index (χ2v) is 13.9. The van der Waals surface area contributed by atoms with E-state index in [1.165, 1.54) is 0 Å². The van der Waals surface area contributed by atoms with Gasteiger partial charge in [-0.1, -0.05) is 119 Å². The molecule has 0 radical (unpaired) electrons. The molecule has 0 fully saturated rings. The predicted molar refractivity (Wildman–Crippen MR) is 201 cm³/mol. The Morgan fingerprint density at radius 2 is 0.942 bits per heavy atom. The summed E-state index contributed by atoms with van der Waals surface area (Å²) >= 11 is 24.8. The first kappa shape index (κ1) is 40.4. The maximum Gasteiger partial charge on any atom is 0.333 e. The van der Waals surface area contributed by atoms with Gasteiger partial charge in [-0.25, -0.2) is 9.59 Å². The average Bonchev–Trinajstić information content (AvgIpc) is 3.10. The topological polar surface area (TPSA) is 163 Å². The van der Waals surface area contributed by atoms with Crippen molar-refractivity contribution in [2.75, 3.05) is 0 Å². The number of amides is 2. The molecule has 6 N–H and O–H groups in total. The highest BCUT2D eigenvalue weighted by atomic mass is 35.5. The van der Waals surface area contributed by atoms with E-state index in [0.29, 0.717) is 46.2 Å². The Morgan fingerprint density at radius 1 is 0.596 bits per heavy atom. The molecule has 10 nitrogen and oxygen atoms in total. The van der Waals surface area contributed by atoms with Gasteiger partial charge in [-0.2, -0.15) is 0 Å². The third-order valence-electron chi connectivity index (χ3n) is 8.07. The molecular weight excluding hydrogens is 750 g/mol. The number of benzene rings is 4. The fourth-order valence-corrected chi connectivity index (χ4v) is 5.98. The molecule has 14 heteroatoms. The molecule has 0 bridgehead atoms. The highest BCUT2D eigenvalue weighted by molar-refractivity contribution is 6.42. The van der Waals surface area contributed by atoms with Crippen LogP contribution in [0.4, 0.5) is 0 Å². The molecule has 0 aliphatic heterocycles. The molecular formula is C38H36Cl4N4O6. The third-order valence-corrected chi connectivity index (χ3v) is 9.55. The highest BCUT2D eigenvalue weighted by Gasteiger charge is 2.34. The molecule has 0 aromatic heterocycles. The van der Waals surface area contributed by atoms with Crippen molar-refractivity contribution in [3.63, 3.8) is 0 Å². The van der Waals surface area contributed by atoms with Crippen LogP contribution in [0.5, 0.6) is 0 Å². The van der Waals surface area contributed by atoms with Crippen molar-refractivity contribution in [1.29, 1.82) is 0 Å². The summed E-state index contributed by atoms with van der Waals surface area (Å²) < 4.78 is 10.1. The number of esters is 2. The molecule has 4 aromatic rings. The molecule has 0 saturated carbocycles. The van der Waals surface area contributed by atoms with Crippen LogP contribution in [0.1, 0.15) is 36.1 Å². The smallest absolute Gasteiger partial charge is 0.333 e. The van der Waals surface area contributed by atoms with E-state index < -0.39 is 47.3 Å². The van der Waals surface area contributed by atoms with Crippen LogP contribution in [0.25, 0.3) is 0 Å². The first-order valence-corrected chi connectivity index (χ1v) is 17.3. The van der Waals surface area contributed by atoms with Gasteiger partial charge in [0.25, 0.3) is 11.8 Å². The largest absolute Gasteiger partial charge is 0.434 e. The quantitative estimate of drug-likeness (QED) is 0.0652. The lowest BCUT2D eigenvalue weighted by atomic mass is 9.85. The Kier molecular flexibility index (Phi) is 13.9. The van der Waals surface area contributed by atoms with Crippen LogP contribution in [0.3, 0.4) is 0 Å². The number of nitrogens with one attached hydrogen (secondary N) is 2. The lowest BCUT2D eigenvalue weighted by molar-refractivity contribution is -0.153. The van der Waals surface area contributed by atoms with Gasteiger partial charge in [0.15, 0.2) is 0 Å². The average molecular weight is 787 g/mol. The third kappa shape index (κ3) is 11.0. The lowest BCUT2D eigenvalue weighted by Gasteiger charge is -2.33. The molecule has 52 heavy (non-hydrogen) atoms. The van der Waals surface area contributed by atoms with Gasteiger partial charge < -0.3 is 20.1 Å². The molecule has 4 unspecified atom stereocenters. The summed E-state index contributed by atoms with van der Waals surface area (Å²) in [6.07, 6.45) is -1.48. The van der Waals surface area contributed by atoms with Gasteiger partial charge in [0.1, 0.15) is 0 Å². The highest BCUT2D eigenvalue weighted by Crippen LogP contribution is 2.33. The molecule has 2 amide bonds. The van der Waals surface area contributed by atoms with Crippen molar-refractivity contribution in [2.24, 2.45) is 11.5 Å². The lowest BCUT2D eigenvalue weighted by Crippen LogP contribution is -2.52. The molecule has 4 rings (SSSR count). The van der Waals surface area contributed by atoms with Crippen molar-refractivity contribution < 1.29 is 28.7 Å². The zero-order chi connectivity index (χ0) is 38.1. The minimum atomic E-state index is -1.76. The van der Waals surface area contributed by atoms with Crippen LogP contribution in [0, 0.1) is 0 Å². The molecule has 0 spiro atoms. The first-order valence-electron chi connectivity index (χ1n) is 15.8. The molecule has 0 aliphatic carbocycles. The molecule has 4 atom stereocenters. The Labute approximate surface area is 321 Å². The van der Waals surface area contributed by atoms with E-state index in [4.69, 9.17) is 67.3 Å². The predicted octanol–water partition coefficient (Wildman–Crippen LogP) is 6.36. The van der Waals surface area contributed by atoms with Crippen molar-refractivity contribution in [3.05, 3.63) is 152 Å². The molecule has 0 saturated heterocycles. The Balaban J connectivity index is 1.37. The zero-order valence-corrected chi connectivity index (χ0v) is 31.1. The van der Waals surface area contributed by atoms with E-state index in [2.05, 4.69) is 10.6 Å². The second-order valence-electron chi connectivity index (χ2n) is 12.3. The van der Waals surface area contributed by atoms with E-state index in [-0.39, 0.29) is 10.0 Å². The summed E-state index contributed by atoms with van der Waals surface area (Å²) in [6, 6.07) is 28.6.